The van der Waals surface area contributed by atoms with Gasteiger partial charge in [0, 0.05) is 6.42 Å². The van der Waals surface area contributed by atoms with Crippen molar-refractivity contribution in [3.63, 3.8) is 0 Å². The summed E-state index contributed by atoms with van der Waals surface area (Å²) in [7, 11) is 1.59. The van der Waals surface area contributed by atoms with Crippen molar-refractivity contribution in [2.24, 2.45) is 0 Å². The summed E-state index contributed by atoms with van der Waals surface area (Å²) in [6.07, 6.45) is 2.10. The van der Waals surface area contributed by atoms with Crippen molar-refractivity contribution in [3.05, 3.63) is 17.7 Å². The molecule has 1 aliphatic heterocycles. The highest BCUT2D eigenvalue weighted by molar-refractivity contribution is 5.56. The number of hydrogen-bond donors (Lipinski definition) is 0. The number of ether oxygens (including phenoxy) is 3. The fourth-order valence-corrected chi connectivity index (χ4v) is 1.70. The van der Waals surface area contributed by atoms with Gasteiger partial charge < -0.3 is 19.0 Å². The van der Waals surface area contributed by atoms with Crippen molar-refractivity contribution in [1.82, 2.24) is 0 Å². The van der Waals surface area contributed by atoms with E-state index >= 15 is 0 Å². The molecule has 4 heteroatoms. The quantitative estimate of drug-likeness (QED) is 0.726. The molecular weight excluding hydrogens is 208 g/mol. The number of hydrogen-bond acceptors (Lipinski definition) is 4. The molecule has 0 bridgehead atoms. The lowest BCUT2D eigenvalue weighted by atomic mass is 10.1. The Bertz CT molecular complexity index is 370. The maximum absolute atomic E-state index is 10.3. The number of aryl methyl sites for hydroxylation is 1. The van der Waals surface area contributed by atoms with Crippen LogP contribution < -0.4 is 14.2 Å². The van der Waals surface area contributed by atoms with Crippen LogP contribution in [0, 0.1) is 0 Å². The number of fused-ring (bicyclic) bond motifs is 1. The van der Waals surface area contributed by atoms with Gasteiger partial charge in [-0.1, -0.05) is 0 Å². The van der Waals surface area contributed by atoms with E-state index in [4.69, 9.17) is 14.2 Å². The Balaban J connectivity index is 2.31. The van der Waals surface area contributed by atoms with Crippen LogP contribution in [0.2, 0.25) is 0 Å². The normalized spacial score (nSPS) is 13.3. The topological polar surface area (TPSA) is 44.8 Å². The van der Waals surface area contributed by atoms with E-state index in [1.807, 2.05) is 12.1 Å². The van der Waals surface area contributed by atoms with Crippen molar-refractivity contribution in [2.45, 2.75) is 12.8 Å². The molecule has 0 radical (unpaired) electrons. The third kappa shape index (κ3) is 2.10. The first-order chi connectivity index (χ1) is 7.85. The molecule has 0 N–H and O–H groups in total. The molecule has 0 aromatic heterocycles. The summed E-state index contributed by atoms with van der Waals surface area (Å²) >= 11 is 0. The molecule has 0 fully saturated rings. The molecule has 0 atom stereocenters. The van der Waals surface area contributed by atoms with E-state index in [0.717, 1.165) is 11.8 Å². The van der Waals surface area contributed by atoms with Gasteiger partial charge in [-0.05, 0) is 24.1 Å². The summed E-state index contributed by atoms with van der Waals surface area (Å²) in [6.45, 7) is 1.09. The summed E-state index contributed by atoms with van der Waals surface area (Å²) in [5, 5.41) is 0. The van der Waals surface area contributed by atoms with Gasteiger partial charge in [-0.3, -0.25) is 0 Å². The minimum Gasteiger partial charge on any atom is -0.493 e. The molecule has 0 aliphatic carbocycles. The number of methoxy groups -OCH3 is 1. The molecule has 1 aliphatic rings. The van der Waals surface area contributed by atoms with Crippen LogP contribution in [0.4, 0.5) is 0 Å². The van der Waals surface area contributed by atoms with E-state index in [1.54, 1.807) is 7.11 Å². The monoisotopic (exact) mass is 222 g/mol. The molecule has 1 heterocycles. The molecule has 2 rings (SSSR count). The number of benzene rings is 1. The fraction of sp³-hybridized carbons (Fsp3) is 0.417. The Morgan fingerprint density at radius 1 is 1.38 bits per heavy atom. The first kappa shape index (κ1) is 10.8. The third-order valence-electron chi connectivity index (χ3n) is 2.44. The van der Waals surface area contributed by atoms with Crippen LogP contribution in [0.15, 0.2) is 12.1 Å². The summed E-state index contributed by atoms with van der Waals surface area (Å²) in [4.78, 5) is 10.3. The second-order valence-electron chi connectivity index (χ2n) is 3.53. The maximum atomic E-state index is 10.3. The summed E-state index contributed by atoms with van der Waals surface area (Å²) in [5.41, 5.74) is 1.02. The van der Waals surface area contributed by atoms with E-state index in [9.17, 15) is 4.79 Å². The van der Waals surface area contributed by atoms with Crippen molar-refractivity contribution in [3.8, 4) is 17.2 Å². The van der Waals surface area contributed by atoms with Crippen LogP contribution in [0.25, 0.3) is 0 Å². The molecular formula is C12H14O4. The zero-order chi connectivity index (χ0) is 11.4. The average molecular weight is 222 g/mol. The van der Waals surface area contributed by atoms with Crippen LogP contribution in [0.3, 0.4) is 0 Å². The van der Waals surface area contributed by atoms with Gasteiger partial charge in [-0.25, -0.2) is 0 Å². The molecule has 86 valence electrons. The Morgan fingerprint density at radius 3 is 2.94 bits per heavy atom. The predicted molar refractivity (Wildman–Crippen MR) is 58.4 cm³/mol. The minimum atomic E-state index is 0.503. The van der Waals surface area contributed by atoms with Crippen LogP contribution in [0.5, 0.6) is 17.2 Å². The smallest absolute Gasteiger partial charge is 0.203 e. The third-order valence-corrected chi connectivity index (χ3v) is 2.44. The fourth-order valence-electron chi connectivity index (χ4n) is 1.70. The Kier molecular flexibility index (Phi) is 3.29. The van der Waals surface area contributed by atoms with Gasteiger partial charge in [-0.15, -0.1) is 0 Å². The maximum Gasteiger partial charge on any atom is 0.203 e. The zero-order valence-electron chi connectivity index (χ0n) is 9.19. The molecule has 0 saturated heterocycles. The SMILES string of the molecule is COc1cc(CCC=O)cc2c1OCCO2. The number of carbonyl (C=O) groups excluding carboxylic acids is 1. The second kappa shape index (κ2) is 4.88. The van der Waals surface area contributed by atoms with Gasteiger partial charge in [-0.2, -0.15) is 0 Å². The van der Waals surface area contributed by atoms with Crippen molar-refractivity contribution in [1.29, 1.82) is 0 Å². The van der Waals surface area contributed by atoms with E-state index in [-0.39, 0.29) is 0 Å². The lowest BCUT2D eigenvalue weighted by molar-refractivity contribution is -0.107. The number of aldehydes is 1. The van der Waals surface area contributed by atoms with Crippen LogP contribution >= 0.6 is 0 Å². The lowest BCUT2D eigenvalue weighted by Crippen LogP contribution is -2.16. The first-order valence-electron chi connectivity index (χ1n) is 5.25. The van der Waals surface area contributed by atoms with Crippen molar-refractivity contribution < 1.29 is 19.0 Å². The second-order valence-corrected chi connectivity index (χ2v) is 3.53. The van der Waals surface area contributed by atoms with Crippen LogP contribution in [-0.2, 0) is 11.2 Å². The van der Waals surface area contributed by atoms with Crippen molar-refractivity contribution in [2.75, 3.05) is 20.3 Å². The van der Waals surface area contributed by atoms with E-state index in [2.05, 4.69) is 0 Å². The summed E-state index contributed by atoms with van der Waals surface area (Å²) in [6, 6.07) is 3.79. The highest BCUT2D eigenvalue weighted by Crippen LogP contribution is 2.40. The molecule has 1 aromatic rings. The Labute approximate surface area is 94.1 Å². The molecule has 0 unspecified atom stereocenters. The highest BCUT2D eigenvalue weighted by atomic mass is 16.6. The molecule has 0 saturated carbocycles. The molecule has 4 nitrogen and oxygen atoms in total. The number of carbonyl (C=O) groups is 1. The van der Waals surface area contributed by atoms with Gasteiger partial charge in [0.05, 0.1) is 7.11 Å². The highest BCUT2D eigenvalue weighted by Gasteiger charge is 2.18. The molecule has 0 amide bonds. The summed E-state index contributed by atoms with van der Waals surface area (Å²) < 4.78 is 16.2. The van der Waals surface area contributed by atoms with Gasteiger partial charge in [0.1, 0.15) is 19.5 Å². The average Bonchev–Trinajstić information content (AvgIpc) is 2.35. The van der Waals surface area contributed by atoms with E-state index < -0.39 is 0 Å². The largest absolute Gasteiger partial charge is 0.493 e. The van der Waals surface area contributed by atoms with Crippen molar-refractivity contribution >= 4 is 6.29 Å². The van der Waals surface area contributed by atoms with Gasteiger partial charge in [0.15, 0.2) is 11.5 Å². The van der Waals surface area contributed by atoms with Gasteiger partial charge in [0.2, 0.25) is 5.75 Å². The van der Waals surface area contributed by atoms with Gasteiger partial charge >= 0.3 is 0 Å². The number of rotatable bonds is 4. The first-order valence-corrected chi connectivity index (χ1v) is 5.25. The van der Waals surface area contributed by atoms with Gasteiger partial charge in [0.25, 0.3) is 0 Å². The van der Waals surface area contributed by atoms with Crippen LogP contribution in [-0.4, -0.2) is 26.6 Å². The molecule has 16 heavy (non-hydrogen) atoms. The Morgan fingerprint density at radius 2 is 2.19 bits per heavy atom. The zero-order valence-corrected chi connectivity index (χ0v) is 9.19. The standard InChI is InChI=1S/C12H14O4/c1-14-10-7-9(3-2-4-13)8-11-12(10)16-6-5-15-11/h4,7-8H,2-3,5-6H2,1H3. The van der Waals surface area contributed by atoms with E-state index in [0.29, 0.717) is 43.3 Å². The van der Waals surface area contributed by atoms with Crippen LogP contribution in [0.1, 0.15) is 12.0 Å². The summed E-state index contributed by atoms with van der Waals surface area (Å²) in [5.74, 6) is 2.02. The van der Waals surface area contributed by atoms with E-state index in [1.165, 1.54) is 0 Å². The lowest BCUT2D eigenvalue weighted by Gasteiger charge is -2.21. The predicted octanol–water partition coefficient (Wildman–Crippen LogP) is 1.60. The molecule has 1 aromatic carbocycles. The Hall–Kier alpha value is -1.71. The molecule has 0 spiro atoms. The minimum absolute atomic E-state index is 0.503.